The fourth-order valence-electron chi connectivity index (χ4n) is 1.29. The van der Waals surface area contributed by atoms with E-state index in [-0.39, 0.29) is 0 Å². The van der Waals surface area contributed by atoms with Crippen LogP contribution in [-0.4, -0.2) is 99.0 Å². The number of hydrogen-bond acceptors (Lipinski definition) is 9. The zero-order chi connectivity index (χ0) is 21.3. The van der Waals surface area contributed by atoms with E-state index in [1.807, 2.05) is 13.8 Å². The van der Waals surface area contributed by atoms with Crippen molar-refractivity contribution in [2.45, 2.75) is 25.5 Å². The van der Waals surface area contributed by atoms with Crippen LogP contribution >= 0.6 is 0 Å². The SMILES string of the molecule is CC(C)(O)CN1CC(N)C1.CS(=O)(=O)O.CS(=O)(=O)O.CS(=O)(=O)O. The van der Waals surface area contributed by atoms with E-state index in [2.05, 4.69) is 4.90 Å². The van der Waals surface area contributed by atoms with Gasteiger partial charge in [-0.25, -0.2) is 0 Å². The van der Waals surface area contributed by atoms with E-state index in [0.717, 1.165) is 19.6 Å². The second kappa shape index (κ2) is 11.3. The van der Waals surface area contributed by atoms with E-state index >= 15 is 0 Å². The molecule has 0 aromatic rings. The van der Waals surface area contributed by atoms with Crippen molar-refractivity contribution in [1.82, 2.24) is 4.90 Å². The molecule has 0 aliphatic carbocycles. The first kappa shape index (κ1) is 29.4. The van der Waals surface area contributed by atoms with Crippen LogP contribution in [0, 0.1) is 0 Å². The van der Waals surface area contributed by atoms with Crippen molar-refractivity contribution < 1.29 is 44.0 Å². The minimum absolute atomic E-state index is 0.336. The second-order valence-corrected chi connectivity index (χ2v) is 10.4. The molecular formula is C10H28N2O10S3. The van der Waals surface area contributed by atoms with E-state index < -0.39 is 36.0 Å². The smallest absolute Gasteiger partial charge is 0.261 e. The molecule has 25 heavy (non-hydrogen) atoms. The van der Waals surface area contributed by atoms with E-state index in [9.17, 15) is 30.4 Å². The maximum atomic E-state index is 9.36. The predicted octanol–water partition coefficient (Wildman–Crippen LogP) is -2.09. The summed E-state index contributed by atoms with van der Waals surface area (Å²) < 4.78 is 77.6. The third-order valence-electron chi connectivity index (χ3n) is 1.60. The molecule has 0 saturated carbocycles. The summed E-state index contributed by atoms with van der Waals surface area (Å²) in [7, 11) is -11.0. The summed E-state index contributed by atoms with van der Waals surface area (Å²) in [5, 5.41) is 9.36. The number of hydrogen-bond donors (Lipinski definition) is 5. The highest BCUT2D eigenvalue weighted by Crippen LogP contribution is 2.11. The fraction of sp³-hybridized carbons (Fsp3) is 1.00. The topological polar surface area (TPSA) is 213 Å². The summed E-state index contributed by atoms with van der Waals surface area (Å²) in [5.41, 5.74) is 5.00. The summed E-state index contributed by atoms with van der Waals surface area (Å²) in [6, 6.07) is 0.336. The van der Waals surface area contributed by atoms with Gasteiger partial charge in [-0.1, -0.05) is 0 Å². The Balaban J connectivity index is -0.000000279. The van der Waals surface area contributed by atoms with E-state index in [0.29, 0.717) is 24.8 Å². The Hall–Kier alpha value is -0.390. The van der Waals surface area contributed by atoms with Crippen LogP contribution in [-0.2, 0) is 30.4 Å². The lowest BCUT2D eigenvalue weighted by atomic mass is 10.0. The summed E-state index contributed by atoms with van der Waals surface area (Å²) >= 11 is 0. The van der Waals surface area contributed by atoms with Crippen LogP contribution in [0.3, 0.4) is 0 Å². The molecule has 1 rings (SSSR count). The Morgan fingerprint density at radius 1 is 0.880 bits per heavy atom. The van der Waals surface area contributed by atoms with E-state index in [1.165, 1.54) is 0 Å². The average molecular weight is 433 g/mol. The number of rotatable bonds is 2. The van der Waals surface area contributed by atoms with Crippen LogP contribution in [0.4, 0.5) is 0 Å². The maximum absolute atomic E-state index is 9.36. The number of nitrogens with zero attached hydrogens (tertiary/aromatic N) is 1. The highest BCUT2D eigenvalue weighted by Gasteiger charge is 2.27. The average Bonchev–Trinajstić information content (AvgIpc) is 2.02. The van der Waals surface area contributed by atoms with Crippen molar-refractivity contribution >= 4 is 30.4 Å². The number of nitrogens with two attached hydrogens (primary N) is 1. The first-order valence-corrected chi connectivity index (χ1v) is 12.0. The molecule has 1 heterocycles. The fourth-order valence-corrected chi connectivity index (χ4v) is 1.29. The molecule has 0 radical (unpaired) electrons. The lowest BCUT2D eigenvalue weighted by Gasteiger charge is -2.40. The minimum Gasteiger partial charge on any atom is -0.389 e. The van der Waals surface area contributed by atoms with E-state index in [1.54, 1.807) is 0 Å². The van der Waals surface area contributed by atoms with Gasteiger partial charge in [-0.05, 0) is 13.8 Å². The number of likely N-dealkylation sites (tertiary alicyclic amines) is 1. The lowest BCUT2D eigenvalue weighted by Crippen LogP contribution is -2.58. The predicted molar refractivity (Wildman–Crippen MR) is 93.1 cm³/mol. The van der Waals surface area contributed by atoms with Crippen LogP contribution < -0.4 is 5.73 Å². The summed E-state index contributed by atoms with van der Waals surface area (Å²) in [6.07, 6.45) is 2.15. The zero-order valence-electron chi connectivity index (χ0n) is 14.7. The van der Waals surface area contributed by atoms with Crippen LogP contribution in [0.15, 0.2) is 0 Å². The van der Waals surface area contributed by atoms with Crippen LogP contribution in [0.5, 0.6) is 0 Å². The van der Waals surface area contributed by atoms with Gasteiger partial charge in [-0.15, -0.1) is 0 Å². The van der Waals surface area contributed by atoms with Crippen LogP contribution in [0.2, 0.25) is 0 Å². The molecule has 0 unspecified atom stereocenters. The van der Waals surface area contributed by atoms with Gasteiger partial charge in [0, 0.05) is 25.7 Å². The molecule has 0 bridgehead atoms. The molecule has 15 heteroatoms. The quantitative estimate of drug-likeness (QED) is 0.297. The third-order valence-corrected chi connectivity index (χ3v) is 1.60. The Morgan fingerprint density at radius 2 is 1.08 bits per heavy atom. The highest BCUT2D eigenvalue weighted by molar-refractivity contribution is 7.85. The van der Waals surface area contributed by atoms with Gasteiger partial charge in [0.15, 0.2) is 0 Å². The highest BCUT2D eigenvalue weighted by atomic mass is 32.2. The Morgan fingerprint density at radius 3 is 1.20 bits per heavy atom. The second-order valence-electron chi connectivity index (χ2n) is 5.97. The molecule has 6 N–H and O–H groups in total. The van der Waals surface area contributed by atoms with Gasteiger partial charge in [-0.3, -0.25) is 18.6 Å². The third kappa shape index (κ3) is 69.3. The lowest BCUT2D eigenvalue weighted by molar-refractivity contribution is 0.00863. The summed E-state index contributed by atoms with van der Waals surface area (Å²) in [4.78, 5) is 2.16. The van der Waals surface area contributed by atoms with Gasteiger partial charge >= 0.3 is 0 Å². The number of β-amino-alcohol motifs (C(OH)–C–C–N with tert-alkyl or cyclic N) is 1. The van der Waals surface area contributed by atoms with Gasteiger partial charge in [0.1, 0.15) is 0 Å². The van der Waals surface area contributed by atoms with Gasteiger partial charge in [0.2, 0.25) is 0 Å². The molecule has 0 spiro atoms. The molecule has 1 aliphatic rings. The minimum atomic E-state index is -3.67. The van der Waals surface area contributed by atoms with Crippen LogP contribution in [0.25, 0.3) is 0 Å². The van der Waals surface area contributed by atoms with Crippen molar-refractivity contribution in [1.29, 1.82) is 0 Å². The molecule has 0 aromatic carbocycles. The molecule has 12 nitrogen and oxygen atoms in total. The Bertz CT molecular complexity index is 563. The van der Waals surface area contributed by atoms with Crippen molar-refractivity contribution in [3.63, 3.8) is 0 Å². The molecule has 0 amide bonds. The Labute approximate surface area is 149 Å². The van der Waals surface area contributed by atoms with Crippen molar-refractivity contribution in [2.24, 2.45) is 5.73 Å². The number of aliphatic hydroxyl groups is 1. The molecule has 1 aliphatic heterocycles. The Kier molecular flexibility index (Phi) is 13.3. The molecule has 1 saturated heterocycles. The monoisotopic (exact) mass is 432 g/mol. The normalized spacial score (nSPS) is 16.1. The molecule has 1 fully saturated rings. The molecular weight excluding hydrogens is 404 g/mol. The van der Waals surface area contributed by atoms with Gasteiger partial charge in [-0.2, -0.15) is 25.3 Å². The van der Waals surface area contributed by atoms with E-state index in [4.69, 9.17) is 19.4 Å². The van der Waals surface area contributed by atoms with Gasteiger partial charge < -0.3 is 10.8 Å². The van der Waals surface area contributed by atoms with Crippen molar-refractivity contribution in [2.75, 3.05) is 38.4 Å². The molecule has 0 aromatic heterocycles. The van der Waals surface area contributed by atoms with Crippen molar-refractivity contribution in [3.05, 3.63) is 0 Å². The zero-order valence-corrected chi connectivity index (χ0v) is 17.1. The van der Waals surface area contributed by atoms with Gasteiger partial charge in [0.05, 0.1) is 24.4 Å². The molecule has 0 atom stereocenters. The summed E-state index contributed by atoms with van der Waals surface area (Å²) in [6.45, 7) is 6.24. The first-order chi connectivity index (χ1) is 10.5. The van der Waals surface area contributed by atoms with Crippen molar-refractivity contribution in [3.8, 4) is 0 Å². The first-order valence-electron chi connectivity index (χ1n) is 6.45. The van der Waals surface area contributed by atoms with Crippen LogP contribution in [0.1, 0.15) is 13.8 Å². The van der Waals surface area contributed by atoms with Gasteiger partial charge in [0.25, 0.3) is 30.4 Å². The standard InChI is InChI=1S/C7H16N2O.3CH4O3S/c1-7(2,10)5-9-3-6(8)4-9;3*1-5(2,3)4/h6,10H,3-5,8H2,1-2H3;3*1H3,(H,2,3,4). The maximum Gasteiger partial charge on any atom is 0.261 e. The summed E-state index contributed by atoms with van der Waals surface area (Å²) in [5.74, 6) is 0. The largest absolute Gasteiger partial charge is 0.389 e. The molecule has 156 valence electrons.